The van der Waals surface area contributed by atoms with Gasteiger partial charge in [0, 0.05) is 0 Å². The summed E-state index contributed by atoms with van der Waals surface area (Å²) in [4.78, 5) is 11.9. The predicted octanol–water partition coefficient (Wildman–Crippen LogP) is 1.43. The number of nitrogens with zero attached hydrogens (tertiary/aromatic N) is 2. The van der Waals surface area contributed by atoms with Crippen molar-refractivity contribution < 1.29 is 0 Å². The van der Waals surface area contributed by atoms with Crippen molar-refractivity contribution in [1.29, 1.82) is 0 Å². The molecule has 0 saturated carbocycles. The van der Waals surface area contributed by atoms with Crippen LogP contribution in [0.2, 0.25) is 0 Å². The third-order valence-electron chi connectivity index (χ3n) is 3.59. The van der Waals surface area contributed by atoms with Crippen molar-refractivity contribution in [2.75, 3.05) is 6.54 Å². The van der Waals surface area contributed by atoms with Crippen LogP contribution in [0.4, 0.5) is 0 Å². The zero-order valence-corrected chi connectivity index (χ0v) is 10.8. The molecule has 0 aliphatic carbocycles. The molecule has 0 radical (unpaired) electrons. The van der Waals surface area contributed by atoms with Crippen LogP contribution in [0.5, 0.6) is 0 Å². The van der Waals surface area contributed by atoms with E-state index < -0.39 is 0 Å². The minimum Gasteiger partial charge on any atom is -0.307 e. The highest BCUT2D eigenvalue weighted by Crippen LogP contribution is 2.20. The maximum atomic E-state index is 11.9. The van der Waals surface area contributed by atoms with E-state index in [-0.39, 0.29) is 11.7 Å². The Morgan fingerprint density at radius 2 is 2.11 bits per heavy atom. The molecule has 3 rings (SSSR count). The molecular weight excluding hydrogens is 240 g/mol. The lowest BCUT2D eigenvalue weighted by atomic mass is 10.0. The smallest absolute Gasteiger partial charge is 0.307 e. The molecule has 0 bridgehead atoms. The molecule has 100 valence electrons. The van der Waals surface area contributed by atoms with Gasteiger partial charge in [-0.3, -0.25) is 4.57 Å². The highest BCUT2D eigenvalue weighted by Gasteiger charge is 2.21. The Balaban J connectivity index is 1.88. The number of rotatable bonds is 3. The van der Waals surface area contributed by atoms with E-state index in [2.05, 4.69) is 15.5 Å². The largest absolute Gasteiger partial charge is 0.343 e. The number of benzene rings is 1. The zero-order chi connectivity index (χ0) is 13.1. The molecule has 5 nitrogen and oxygen atoms in total. The van der Waals surface area contributed by atoms with Crippen LogP contribution in [0.25, 0.3) is 0 Å². The fourth-order valence-corrected chi connectivity index (χ4v) is 2.59. The Kier molecular flexibility index (Phi) is 3.46. The minimum absolute atomic E-state index is 0.133. The standard InChI is InChI=1S/C14H18N4O/c19-14-17-16-13(12-8-4-5-9-15-12)18(14)10-11-6-2-1-3-7-11/h1-3,6-7,12,15H,4-5,8-10H2,(H,17,19). The van der Waals surface area contributed by atoms with Gasteiger partial charge in [0.1, 0.15) is 0 Å². The molecule has 1 aromatic heterocycles. The van der Waals surface area contributed by atoms with Gasteiger partial charge in [-0.05, 0) is 24.9 Å². The molecule has 19 heavy (non-hydrogen) atoms. The highest BCUT2D eigenvalue weighted by atomic mass is 16.1. The number of aromatic amines is 1. The van der Waals surface area contributed by atoms with Gasteiger partial charge >= 0.3 is 5.69 Å². The Morgan fingerprint density at radius 3 is 2.84 bits per heavy atom. The molecular formula is C14H18N4O. The number of hydrogen-bond donors (Lipinski definition) is 2. The van der Waals surface area contributed by atoms with Crippen molar-refractivity contribution in [1.82, 2.24) is 20.1 Å². The molecule has 2 heterocycles. The highest BCUT2D eigenvalue weighted by molar-refractivity contribution is 5.15. The van der Waals surface area contributed by atoms with Gasteiger partial charge in [-0.1, -0.05) is 36.8 Å². The Labute approximate surface area is 111 Å². The van der Waals surface area contributed by atoms with Gasteiger partial charge < -0.3 is 5.32 Å². The van der Waals surface area contributed by atoms with Gasteiger partial charge in [0.25, 0.3) is 0 Å². The van der Waals surface area contributed by atoms with Crippen LogP contribution in [0.1, 0.15) is 36.7 Å². The van der Waals surface area contributed by atoms with Crippen LogP contribution in [-0.2, 0) is 6.54 Å². The van der Waals surface area contributed by atoms with Gasteiger partial charge in [-0.2, -0.15) is 5.10 Å². The van der Waals surface area contributed by atoms with E-state index in [0.29, 0.717) is 6.54 Å². The second-order valence-corrected chi connectivity index (χ2v) is 4.96. The Hall–Kier alpha value is -1.88. The number of aromatic nitrogens is 3. The quantitative estimate of drug-likeness (QED) is 0.875. The fourth-order valence-electron chi connectivity index (χ4n) is 2.59. The van der Waals surface area contributed by atoms with Crippen molar-refractivity contribution in [3.8, 4) is 0 Å². The monoisotopic (exact) mass is 258 g/mol. The van der Waals surface area contributed by atoms with Crippen LogP contribution < -0.4 is 11.0 Å². The normalized spacial score (nSPS) is 19.5. The molecule has 1 unspecified atom stereocenters. The summed E-state index contributed by atoms with van der Waals surface area (Å²) in [5.41, 5.74) is 0.981. The zero-order valence-electron chi connectivity index (χ0n) is 10.8. The summed E-state index contributed by atoms with van der Waals surface area (Å²) in [6, 6.07) is 10.2. The van der Waals surface area contributed by atoms with Crippen molar-refractivity contribution >= 4 is 0 Å². The van der Waals surface area contributed by atoms with E-state index >= 15 is 0 Å². The van der Waals surface area contributed by atoms with Crippen molar-refractivity contribution in [2.24, 2.45) is 0 Å². The summed E-state index contributed by atoms with van der Waals surface area (Å²) in [5, 5.41) is 10.2. The third kappa shape index (κ3) is 2.61. The third-order valence-corrected chi connectivity index (χ3v) is 3.59. The fraction of sp³-hybridized carbons (Fsp3) is 0.429. The van der Waals surface area contributed by atoms with Gasteiger partial charge in [0.15, 0.2) is 5.82 Å². The van der Waals surface area contributed by atoms with E-state index in [4.69, 9.17) is 0 Å². The molecule has 1 fully saturated rings. The average Bonchev–Trinajstić information content (AvgIpc) is 2.82. The number of nitrogens with one attached hydrogen (secondary N) is 2. The van der Waals surface area contributed by atoms with Gasteiger partial charge in [0.2, 0.25) is 0 Å². The lowest BCUT2D eigenvalue weighted by Gasteiger charge is -2.22. The van der Waals surface area contributed by atoms with E-state index in [1.54, 1.807) is 4.57 Å². The molecule has 1 saturated heterocycles. The maximum Gasteiger partial charge on any atom is 0.343 e. The predicted molar refractivity (Wildman–Crippen MR) is 73.0 cm³/mol. The molecule has 2 aromatic rings. The molecule has 1 aromatic carbocycles. The lowest BCUT2D eigenvalue weighted by Crippen LogP contribution is -2.31. The number of H-pyrrole nitrogens is 1. The minimum atomic E-state index is -0.133. The molecule has 1 aliphatic heterocycles. The first-order valence-corrected chi connectivity index (χ1v) is 6.77. The summed E-state index contributed by atoms with van der Waals surface area (Å²) < 4.78 is 1.73. The van der Waals surface area contributed by atoms with Gasteiger partial charge in [0.05, 0.1) is 12.6 Å². The van der Waals surface area contributed by atoms with E-state index in [1.807, 2.05) is 30.3 Å². The van der Waals surface area contributed by atoms with Crippen molar-refractivity contribution in [3.63, 3.8) is 0 Å². The first kappa shape index (κ1) is 12.2. The number of piperidine rings is 1. The van der Waals surface area contributed by atoms with Crippen LogP contribution in [0.3, 0.4) is 0 Å². The second-order valence-electron chi connectivity index (χ2n) is 4.96. The summed E-state index contributed by atoms with van der Waals surface area (Å²) >= 11 is 0. The maximum absolute atomic E-state index is 11.9. The summed E-state index contributed by atoms with van der Waals surface area (Å²) in [6.45, 7) is 1.57. The summed E-state index contributed by atoms with van der Waals surface area (Å²) in [5.74, 6) is 0.827. The van der Waals surface area contributed by atoms with Crippen LogP contribution in [-0.4, -0.2) is 21.3 Å². The van der Waals surface area contributed by atoms with Crippen LogP contribution >= 0.6 is 0 Å². The van der Waals surface area contributed by atoms with Gasteiger partial charge in [-0.15, -0.1) is 0 Å². The van der Waals surface area contributed by atoms with E-state index in [1.165, 1.54) is 12.8 Å². The Bertz CT molecular complexity index is 581. The van der Waals surface area contributed by atoms with Crippen LogP contribution in [0.15, 0.2) is 35.1 Å². The molecule has 2 N–H and O–H groups in total. The first-order chi connectivity index (χ1) is 9.34. The molecule has 1 atom stereocenters. The molecule has 0 spiro atoms. The van der Waals surface area contributed by atoms with Crippen molar-refractivity contribution in [3.05, 3.63) is 52.2 Å². The second kappa shape index (κ2) is 5.40. The van der Waals surface area contributed by atoms with E-state index in [9.17, 15) is 4.79 Å². The van der Waals surface area contributed by atoms with E-state index in [0.717, 1.165) is 24.4 Å². The molecule has 5 heteroatoms. The Morgan fingerprint density at radius 1 is 1.26 bits per heavy atom. The van der Waals surface area contributed by atoms with Crippen LogP contribution in [0, 0.1) is 0 Å². The van der Waals surface area contributed by atoms with Crippen molar-refractivity contribution in [2.45, 2.75) is 31.8 Å². The van der Waals surface area contributed by atoms with Gasteiger partial charge in [-0.25, -0.2) is 9.89 Å². The first-order valence-electron chi connectivity index (χ1n) is 6.77. The molecule has 1 aliphatic rings. The summed E-state index contributed by atoms with van der Waals surface area (Å²) in [6.07, 6.45) is 3.42. The average molecular weight is 258 g/mol. The number of hydrogen-bond acceptors (Lipinski definition) is 3. The topological polar surface area (TPSA) is 62.7 Å². The summed E-state index contributed by atoms with van der Waals surface area (Å²) in [7, 11) is 0. The lowest BCUT2D eigenvalue weighted by molar-refractivity contribution is 0.386. The molecule has 0 amide bonds. The SMILES string of the molecule is O=c1[nH]nc(C2CCCCN2)n1Cc1ccccc1.